The molecule has 0 spiro atoms. The molecule has 1 fully saturated rings. The molecular weight excluding hydrogens is 250 g/mol. The van der Waals surface area contributed by atoms with Crippen LogP contribution in [0.25, 0.3) is 11.0 Å². The van der Waals surface area contributed by atoms with E-state index in [0.717, 1.165) is 35.5 Å². The van der Waals surface area contributed by atoms with Crippen LogP contribution in [0.3, 0.4) is 0 Å². The molecule has 106 valence electrons. The number of anilines is 1. The molecule has 0 aromatic carbocycles. The lowest BCUT2D eigenvalue weighted by atomic mass is 10.2. The second-order valence-electron chi connectivity index (χ2n) is 5.47. The van der Waals surface area contributed by atoms with Crippen LogP contribution in [-0.2, 0) is 0 Å². The maximum Gasteiger partial charge on any atom is 0.156 e. The van der Waals surface area contributed by atoms with Crippen molar-refractivity contribution >= 4 is 16.9 Å². The van der Waals surface area contributed by atoms with Gasteiger partial charge in [0.15, 0.2) is 5.82 Å². The molecule has 1 saturated heterocycles. The summed E-state index contributed by atoms with van der Waals surface area (Å²) in [4.78, 5) is 15.7. The quantitative estimate of drug-likeness (QED) is 0.924. The number of aromatic nitrogens is 3. The Bertz CT molecular complexity index is 598. The fourth-order valence-corrected chi connectivity index (χ4v) is 2.81. The second-order valence-corrected chi connectivity index (χ2v) is 5.47. The highest BCUT2D eigenvalue weighted by Crippen LogP contribution is 2.20. The van der Waals surface area contributed by atoms with E-state index in [1.165, 1.54) is 19.5 Å². The molecule has 0 bridgehead atoms. The molecule has 0 aliphatic carbocycles. The van der Waals surface area contributed by atoms with Gasteiger partial charge in [0.1, 0.15) is 11.8 Å². The van der Waals surface area contributed by atoms with E-state index < -0.39 is 0 Å². The van der Waals surface area contributed by atoms with Crippen LogP contribution in [0.15, 0.2) is 18.5 Å². The summed E-state index contributed by atoms with van der Waals surface area (Å²) in [5.74, 6) is 0.863. The molecule has 0 radical (unpaired) electrons. The lowest BCUT2D eigenvalue weighted by molar-refractivity contribution is 0.337. The van der Waals surface area contributed by atoms with Crippen LogP contribution in [0.1, 0.15) is 25.5 Å². The number of fused-ring (bicyclic) bond motifs is 1. The number of aryl methyl sites for hydroxylation is 1. The van der Waals surface area contributed by atoms with Gasteiger partial charge in [0.05, 0.1) is 5.52 Å². The lowest BCUT2D eigenvalue weighted by Crippen LogP contribution is -2.27. The largest absolute Gasteiger partial charge is 0.364 e. The summed E-state index contributed by atoms with van der Waals surface area (Å²) >= 11 is 0. The number of nitrogens with zero attached hydrogens (tertiary/aromatic N) is 4. The van der Waals surface area contributed by atoms with Crippen molar-refractivity contribution in [2.75, 3.05) is 25.0 Å². The molecule has 1 atom stereocenters. The summed E-state index contributed by atoms with van der Waals surface area (Å²) in [6.07, 6.45) is 3.99. The smallest absolute Gasteiger partial charge is 0.156 e. The molecule has 1 unspecified atom stereocenters. The van der Waals surface area contributed by atoms with E-state index in [4.69, 9.17) is 0 Å². The van der Waals surface area contributed by atoms with Crippen molar-refractivity contribution < 1.29 is 0 Å². The van der Waals surface area contributed by atoms with Gasteiger partial charge in [0.25, 0.3) is 0 Å². The third kappa shape index (κ3) is 2.72. The van der Waals surface area contributed by atoms with Gasteiger partial charge in [0.2, 0.25) is 0 Å². The van der Waals surface area contributed by atoms with Crippen molar-refractivity contribution in [1.29, 1.82) is 0 Å². The summed E-state index contributed by atoms with van der Waals surface area (Å²) in [6, 6.07) is 4.45. The molecular formula is C15H21N5. The Hall–Kier alpha value is -1.75. The van der Waals surface area contributed by atoms with Crippen LogP contribution in [-0.4, -0.2) is 45.5 Å². The minimum atomic E-state index is 0.460. The number of likely N-dealkylation sites (tertiary alicyclic amines) is 1. The van der Waals surface area contributed by atoms with Gasteiger partial charge < -0.3 is 10.2 Å². The van der Waals surface area contributed by atoms with Crippen molar-refractivity contribution in [2.45, 2.75) is 32.7 Å². The van der Waals surface area contributed by atoms with E-state index in [-0.39, 0.29) is 0 Å². The van der Waals surface area contributed by atoms with Crippen molar-refractivity contribution in [3.8, 4) is 0 Å². The molecule has 2 aromatic heterocycles. The zero-order valence-electron chi connectivity index (χ0n) is 12.1. The highest BCUT2D eigenvalue weighted by atomic mass is 15.2. The molecule has 2 aromatic rings. The average Bonchev–Trinajstić information content (AvgIpc) is 2.87. The van der Waals surface area contributed by atoms with Gasteiger partial charge in [-0.15, -0.1) is 0 Å². The van der Waals surface area contributed by atoms with Crippen molar-refractivity contribution in [3.63, 3.8) is 0 Å². The number of hydrogen-bond acceptors (Lipinski definition) is 5. The molecule has 1 aliphatic heterocycles. The SMILES string of the molecule is CCCN1CCC(Nc2ncnc3ccc(C)nc23)C1. The predicted molar refractivity (Wildman–Crippen MR) is 80.8 cm³/mol. The summed E-state index contributed by atoms with van der Waals surface area (Å²) in [7, 11) is 0. The Labute approximate surface area is 119 Å². The maximum atomic E-state index is 4.57. The highest BCUT2D eigenvalue weighted by Gasteiger charge is 2.22. The van der Waals surface area contributed by atoms with Crippen LogP contribution in [0.4, 0.5) is 5.82 Å². The Balaban J connectivity index is 1.79. The first kappa shape index (κ1) is 13.2. The third-order valence-electron chi connectivity index (χ3n) is 3.77. The number of rotatable bonds is 4. The molecule has 3 rings (SSSR count). The number of nitrogens with one attached hydrogen (secondary N) is 1. The summed E-state index contributed by atoms with van der Waals surface area (Å²) in [5, 5.41) is 3.54. The molecule has 1 aliphatic rings. The standard InChI is InChI=1S/C15H21N5/c1-3-7-20-8-6-12(9-20)19-15-14-13(16-10-17-15)5-4-11(2)18-14/h4-5,10,12H,3,6-9H2,1-2H3,(H,16,17,19). The van der Waals surface area contributed by atoms with Crippen molar-refractivity contribution in [2.24, 2.45) is 0 Å². The summed E-state index contributed by atoms with van der Waals surface area (Å²) < 4.78 is 0. The van der Waals surface area contributed by atoms with Gasteiger partial charge in [-0.3, -0.25) is 0 Å². The van der Waals surface area contributed by atoms with Gasteiger partial charge in [-0.25, -0.2) is 15.0 Å². The minimum absolute atomic E-state index is 0.460. The van der Waals surface area contributed by atoms with Gasteiger partial charge in [0, 0.05) is 24.8 Å². The van der Waals surface area contributed by atoms with E-state index in [1.54, 1.807) is 6.33 Å². The van der Waals surface area contributed by atoms with E-state index in [0.29, 0.717) is 6.04 Å². The fourth-order valence-electron chi connectivity index (χ4n) is 2.81. The van der Waals surface area contributed by atoms with E-state index in [9.17, 15) is 0 Å². The third-order valence-corrected chi connectivity index (χ3v) is 3.77. The van der Waals surface area contributed by atoms with Gasteiger partial charge in [-0.2, -0.15) is 0 Å². The molecule has 3 heterocycles. The zero-order valence-corrected chi connectivity index (χ0v) is 12.1. The Morgan fingerprint density at radius 3 is 3.10 bits per heavy atom. The normalized spacial score (nSPS) is 19.6. The monoisotopic (exact) mass is 271 g/mol. The topological polar surface area (TPSA) is 53.9 Å². The lowest BCUT2D eigenvalue weighted by Gasteiger charge is -2.16. The minimum Gasteiger partial charge on any atom is -0.364 e. The van der Waals surface area contributed by atoms with Crippen LogP contribution >= 0.6 is 0 Å². The van der Waals surface area contributed by atoms with Crippen LogP contribution < -0.4 is 5.32 Å². The first-order valence-corrected chi connectivity index (χ1v) is 7.33. The van der Waals surface area contributed by atoms with Crippen molar-refractivity contribution in [1.82, 2.24) is 19.9 Å². The molecule has 5 nitrogen and oxygen atoms in total. The van der Waals surface area contributed by atoms with Gasteiger partial charge >= 0.3 is 0 Å². The first-order valence-electron chi connectivity index (χ1n) is 7.33. The van der Waals surface area contributed by atoms with Gasteiger partial charge in [-0.1, -0.05) is 6.92 Å². The molecule has 20 heavy (non-hydrogen) atoms. The fraction of sp³-hybridized carbons (Fsp3) is 0.533. The van der Waals surface area contributed by atoms with E-state index in [1.807, 2.05) is 19.1 Å². The van der Waals surface area contributed by atoms with Crippen molar-refractivity contribution in [3.05, 3.63) is 24.2 Å². The predicted octanol–water partition coefficient (Wildman–Crippen LogP) is 2.23. The van der Waals surface area contributed by atoms with E-state index >= 15 is 0 Å². The second kappa shape index (κ2) is 5.71. The Morgan fingerprint density at radius 1 is 1.35 bits per heavy atom. The molecule has 1 N–H and O–H groups in total. The van der Waals surface area contributed by atoms with Gasteiger partial charge in [-0.05, 0) is 38.4 Å². The summed E-state index contributed by atoms with van der Waals surface area (Å²) in [6.45, 7) is 7.66. The maximum absolute atomic E-state index is 4.57. The Kier molecular flexibility index (Phi) is 3.78. The first-order chi connectivity index (χ1) is 9.76. The number of pyridine rings is 1. The van der Waals surface area contributed by atoms with E-state index in [2.05, 4.69) is 32.1 Å². The average molecular weight is 271 g/mol. The van der Waals surface area contributed by atoms with Crippen LogP contribution in [0.2, 0.25) is 0 Å². The molecule has 0 saturated carbocycles. The Morgan fingerprint density at radius 2 is 2.25 bits per heavy atom. The number of hydrogen-bond donors (Lipinski definition) is 1. The van der Waals surface area contributed by atoms with Crippen LogP contribution in [0, 0.1) is 6.92 Å². The zero-order chi connectivity index (χ0) is 13.9. The molecule has 5 heteroatoms. The molecule has 0 amide bonds. The van der Waals surface area contributed by atoms with Crippen LogP contribution in [0.5, 0.6) is 0 Å². The highest BCUT2D eigenvalue weighted by molar-refractivity contribution is 5.84. The summed E-state index contributed by atoms with van der Waals surface area (Å²) in [5.41, 5.74) is 2.77.